The molecule has 1 aromatic rings. The number of nitrogens with zero attached hydrogens (tertiary/aromatic N) is 1. The number of carbonyl (C=O) groups is 2. The Bertz CT molecular complexity index is 538. The van der Waals surface area contributed by atoms with Crippen molar-refractivity contribution in [3.05, 3.63) is 29.3 Å². The lowest BCUT2D eigenvalue weighted by atomic mass is 10.1. The average Bonchev–Trinajstić information content (AvgIpc) is 2.65. The van der Waals surface area contributed by atoms with Gasteiger partial charge >= 0.3 is 6.03 Å². The Morgan fingerprint density at radius 1 is 1.33 bits per heavy atom. The summed E-state index contributed by atoms with van der Waals surface area (Å²) in [7, 11) is 0. The van der Waals surface area contributed by atoms with Crippen LogP contribution >= 0.6 is 0 Å². The molecule has 2 rings (SSSR count). The average molecular weight is 292 g/mol. The summed E-state index contributed by atoms with van der Waals surface area (Å²) in [5.41, 5.74) is 1.96. The number of para-hydroxylation sites is 1. The number of benzene rings is 1. The lowest BCUT2D eigenvalue weighted by Gasteiger charge is -2.19. The van der Waals surface area contributed by atoms with Gasteiger partial charge < -0.3 is 15.2 Å². The third-order valence-corrected chi connectivity index (χ3v) is 3.44. The maximum Gasteiger partial charge on any atom is 0.324 e. The number of ether oxygens (including phenoxy) is 1. The summed E-state index contributed by atoms with van der Waals surface area (Å²) < 4.78 is 5.62. The third kappa shape index (κ3) is 3.33. The quantitative estimate of drug-likeness (QED) is 0.793. The largest absolute Gasteiger partial charge is 0.490 e. The van der Waals surface area contributed by atoms with Crippen LogP contribution in [0.25, 0.3) is 0 Å². The summed E-state index contributed by atoms with van der Waals surface area (Å²) in [4.78, 5) is 24.3. The van der Waals surface area contributed by atoms with E-state index in [9.17, 15) is 14.7 Å². The zero-order valence-electron chi connectivity index (χ0n) is 12.4. The third-order valence-electron chi connectivity index (χ3n) is 3.44. The number of aliphatic hydroxyl groups excluding tert-OH is 1. The summed E-state index contributed by atoms with van der Waals surface area (Å²) in [6.07, 6.45) is -0.927. The van der Waals surface area contributed by atoms with Crippen LogP contribution in [0.3, 0.4) is 0 Å². The van der Waals surface area contributed by atoms with E-state index in [-0.39, 0.29) is 19.1 Å². The number of imide groups is 1. The van der Waals surface area contributed by atoms with Crippen LogP contribution in [0.2, 0.25) is 0 Å². The molecule has 3 amide bonds. The molecule has 1 aromatic carbocycles. The standard InChI is InChI=1S/C15H20N2O4/c1-9-5-4-6-10(2)13(9)21-8-12(18)7-17-14(19)11(3)16-15(17)20/h4-6,11-12,18H,7-8H2,1-3H3,(H,16,20)/t11-,12-/m1/s1. The molecule has 0 spiro atoms. The van der Waals surface area contributed by atoms with Crippen LogP contribution in [-0.4, -0.2) is 47.2 Å². The van der Waals surface area contributed by atoms with Crippen molar-refractivity contribution in [1.29, 1.82) is 0 Å². The minimum atomic E-state index is -0.927. The Kier molecular flexibility index (Phi) is 4.47. The van der Waals surface area contributed by atoms with Crippen LogP contribution in [0.5, 0.6) is 5.75 Å². The molecule has 114 valence electrons. The maximum absolute atomic E-state index is 11.7. The number of aliphatic hydroxyl groups is 1. The number of carbonyl (C=O) groups excluding carboxylic acids is 2. The first-order valence-electron chi connectivity index (χ1n) is 6.89. The van der Waals surface area contributed by atoms with Crippen molar-refractivity contribution in [1.82, 2.24) is 10.2 Å². The van der Waals surface area contributed by atoms with Gasteiger partial charge in [-0.2, -0.15) is 0 Å². The predicted molar refractivity (Wildman–Crippen MR) is 77.1 cm³/mol. The van der Waals surface area contributed by atoms with Crippen molar-refractivity contribution in [2.24, 2.45) is 0 Å². The Hall–Kier alpha value is -2.08. The number of urea groups is 1. The second-order valence-electron chi connectivity index (χ2n) is 5.31. The van der Waals surface area contributed by atoms with Crippen molar-refractivity contribution in [3.8, 4) is 5.75 Å². The first kappa shape index (κ1) is 15.3. The van der Waals surface area contributed by atoms with Crippen LogP contribution in [-0.2, 0) is 4.79 Å². The predicted octanol–water partition coefficient (Wildman–Crippen LogP) is 0.983. The van der Waals surface area contributed by atoms with Crippen LogP contribution in [0.4, 0.5) is 4.79 Å². The Labute approximate surface area is 123 Å². The Morgan fingerprint density at radius 3 is 2.48 bits per heavy atom. The normalized spacial score (nSPS) is 19.6. The monoisotopic (exact) mass is 292 g/mol. The maximum atomic E-state index is 11.7. The highest BCUT2D eigenvalue weighted by Gasteiger charge is 2.36. The van der Waals surface area contributed by atoms with Gasteiger partial charge in [-0.15, -0.1) is 0 Å². The molecule has 1 aliphatic rings. The van der Waals surface area contributed by atoms with E-state index in [1.54, 1.807) is 6.92 Å². The topological polar surface area (TPSA) is 78.9 Å². The van der Waals surface area contributed by atoms with E-state index in [0.29, 0.717) is 0 Å². The van der Waals surface area contributed by atoms with E-state index < -0.39 is 18.2 Å². The minimum Gasteiger partial charge on any atom is -0.490 e. The van der Waals surface area contributed by atoms with Crippen LogP contribution in [0.15, 0.2) is 18.2 Å². The van der Waals surface area contributed by atoms with E-state index in [1.807, 2.05) is 32.0 Å². The lowest BCUT2D eigenvalue weighted by Crippen LogP contribution is -2.40. The molecular weight excluding hydrogens is 272 g/mol. The zero-order valence-corrected chi connectivity index (χ0v) is 12.4. The molecule has 21 heavy (non-hydrogen) atoms. The molecule has 1 fully saturated rings. The molecule has 1 saturated heterocycles. The number of rotatable bonds is 5. The second-order valence-corrected chi connectivity index (χ2v) is 5.31. The molecule has 1 heterocycles. The van der Waals surface area contributed by atoms with Gasteiger partial charge in [-0.25, -0.2) is 4.79 Å². The summed E-state index contributed by atoms with van der Waals surface area (Å²) in [6, 6.07) is 4.77. The molecule has 0 aliphatic carbocycles. The highest BCUT2D eigenvalue weighted by molar-refractivity contribution is 6.03. The van der Waals surface area contributed by atoms with E-state index in [1.165, 1.54) is 0 Å². The molecule has 6 nitrogen and oxygen atoms in total. The summed E-state index contributed by atoms with van der Waals surface area (Å²) >= 11 is 0. The van der Waals surface area contributed by atoms with E-state index >= 15 is 0 Å². The molecule has 0 radical (unpaired) electrons. The highest BCUT2D eigenvalue weighted by atomic mass is 16.5. The highest BCUT2D eigenvalue weighted by Crippen LogP contribution is 2.22. The molecule has 2 N–H and O–H groups in total. The summed E-state index contributed by atoms with van der Waals surface area (Å²) in [6.45, 7) is 5.42. The van der Waals surface area contributed by atoms with Gasteiger partial charge in [0.2, 0.25) is 0 Å². The van der Waals surface area contributed by atoms with Crippen molar-refractivity contribution in [2.45, 2.75) is 32.9 Å². The number of amides is 3. The van der Waals surface area contributed by atoms with Crippen molar-refractivity contribution < 1.29 is 19.4 Å². The second kappa shape index (κ2) is 6.13. The minimum absolute atomic E-state index is 0.0249. The lowest BCUT2D eigenvalue weighted by molar-refractivity contribution is -0.128. The summed E-state index contributed by atoms with van der Waals surface area (Å²) in [5.74, 6) is 0.397. The van der Waals surface area contributed by atoms with E-state index in [2.05, 4.69) is 5.32 Å². The first-order valence-corrected chi connectivity index (χ1v) is 6.89. The zero-order chi connectivity index (χ0) is 15.6. The number of nitrogens with one attached hydrogen (secondary N) is 1. The molecule has 0 bridgehead atoms. The fraction of sp³-hybridized carbons (Fsp3) is 0.467. The first-order chi connectivity index (χ1) is 9.90. The molecular formula is C15H20N2O4. The van der Waals surface area contributed by atoms with Crippen molar-refractivity contribution in [2.75, 3.05) is 13.2 Å². The van der Waals surface area contributed by atoms with Gasteiger partial charge in [-0.05, 0) is 31.9 Å². The van der Waals surface area contributed by atoms with Crippen molar-refractivity contribution >= 4 is 11.9 Å². The molecule has 2 atom stereocenters. The van der Waals surface area contributed by atoms with Gasteiger partial charge in [0.05, 0.1) is 6.54 Å². The molecule has 0 saturated carbocycles. The van der Waals surface area contributed by atoms with Crippen LogP contribution < -0.4 is 10.1 Å². The van der Waals surface area contributed by atoms with Gasteiger partial charge in [0.1, 0.15) is 24.5 Å². The molecule has 0 unspecified atom stereocenters. The number of hydrogen-bond donors (Lipinski definition) is 2. The SMILES string of the molecule is Cc1cccc(C)c1OC[C@H](O)CN1C(=O)N[C@H](C)C1=O. The van der Waals surface area contributed by atoms with Gasteiger partial charge in [-0.3, -0.25) is 9.69 Å². The smallest absolute Gasteiger partial charge is 0.324 e. The van der Waals surface area contributed by atoms with E-state index in [0.717, 1.165) is 21.8 Å². The van der Waals surface area contributed by atoms with Gasteiger partial charge in [-0.1, -0.05) is 18.2 Å². The fourth-order valence-electron chi connectivity index (χ4n) is 2.30. The van der Waals surface area contributed by atoms with Gasteiger partial charge in [0.15, 0.2) is 0 Å². The molecule has 1 aliphatic heterocycles. The molecule has 6 heteroatoms. The van der Waals surface area contributed by atoms with Gasteiger partial charge in [0, 0.05) is 0 Å². The molecule has 0 aromatic heterocycles. The fourth-order valence-corrected chi connectivity index (χ4v) is 2.30. The van der Waals surface area contributed by atoms with Gasteiger partial charge in [0.25, 0.3) is 5.91 Å². The van der Waals surface area contributed by atoms with Crippen LogP contribution in [0.1, 0.15) is 18.1 Å². The Morgan fingerprint density at radius 2 is 1.95 bits per heavy atom. The number of β-amino-alcohol motifs (C(OH)–C–C–N with tert-alkyl or cyclic N) is 1. The van der Waals surface area contributed by atoms with Crippen molar-refractivity contribution in [3.63, 3.8) is 0 Å². The number of aryl methyl sites for hydroxylation is 2. The Balaban J connectivity index is 1.92. The van der Waals surface area contributed by atoms with Crippen LogP contribution in [0, 0.1) is 13.8 Å². The van der Waals surface area contributed by atoms with E-state index in [4.69, 9.17) is 4.74 Å². The summed E-state index contributed by atoms with van der Waals surface area (Å²) in [5, 5.41) is 12.5. The number of hydrogen-bond acceptors (Lipinski definition) is 4.